The second-order valence-corrected chi connectivity index (χ2v) is 7.92. The molecule has 2 atom stereocenters. The number of halogens is 2. The summed E-state index contributed by atoms with van der Waals surface area (Å²) in [5.41, 5.74) is 0.687. The quantitative estimate of drug-likeness (QED) is 0.401. The fourth-order valence-electron chi connectivity index (χ4n) is 3.42. The van der Waals surface area contributed by atoms with E-state index in [1.165, 1.54) is 24.1 Å². The van der Waals surface area contributed by atoms with Gasteiger partial charge in [-0.25, -0.2) is 23.5 Å². The molecule has 0 saturated carbocycles. The first-order valence-corrected chi connectivity index (χ1v) is 10.9. The number of aromatic nitrogens is 2. The van der Waals surface area contributed by atoms with Gasteiger partial charge in [-0.1, -0.05) is 30.3 Å². The van der Waals surface area contributed by atoms with Crippen molar-refractivity contribution >= 4 is 28.9 Å². The van der Waals surface area contributed by atoms with Crippen LogP contribution in [-0.4, -0.2) is 69.5 Å². The number of rotatable bonds is 10. The number of benzene rings is 2. The zero-order valence-electron chi connectivity index (χ0n) is 19.0. The van der Waals surface area contributed by atoms with Gasteiger partial charge in [-0.3, -0.25) is 10.1 Å². The molecule has 2 aromatic carbocycles. The van der Waals surface area contributed by atoms with Crippen LogP contribution in [0.1, 0.15) is 18.4 Å². The first-order chi connectivity index (χ1) is 16.8. The van der Waals surface area contributed by atoms with Gasteiger partial charge in [-0.15, -0.1) is 0 Å². The number of likely N-dealkylation sites (N-methyl/N-ethyl adjacent to an activating group) is 1. The molecule has 1 aromatic heterocycles. The summed E-state index contributed by atoms with van der Waals surface area (Å²) >= 11 is 0. The van der Waals surface area contributed by atoms with Crippen molar-refractivity contribution in [3.63, 3.8) is 0 Å². The van der Waals surface area contributed by atoms with Crippen molar-refractivity contribution in [1.29, 1.82) is 0 Å². The van der Waals surface area contributed by atoms with Crippen molar-refractivity contribution in [2.75, 3.05) is 25.6 Å². The number of amides is 2. The number of nitrogens with zero attached hydrogens (tertiary/aromatic N) is 3. The van der Waals surface area contributed by atoms with E-state index in [2.05, 4.69) is 15.3 Å². The minimum Gasteiger partial charge on any atom is -0.447 e. The molecule has 2 amide bonds. The second-order valence-electron chi connectivity index (χ2n) is 7.92. The molecule has 186 valence electrons. The fourth-order valence-corrected chi connectivity index (χ4v) is 3.42. The summed E-state index contributed by atoms with van der Waals surface area (Å²) < 4.78 is 32.5. The molecule has 35 heavy (non-hydrogen) atoms. The maximum atomic E-state index is 13.9. The van der Waals surface area contributed by atoms with Crippen LogP contribution in [0.4, 0.5) is 19.5 Å². The Labute approximate surface area is 200 Å². The molecule has 11 heteroatoms. The number of nitrogens with one attached hydrogen (secondary N) is 1. The van der Waals surface area contributed by atoms with Gasteiger partial charge >= 0.3 is 6.09 Å². The second kappa shape index (κ2) is 12.1. The highest BCUT2D eigenvalue weighted by molar-refractivity contribution is 5.85. The van der Waals surface area contributed by atoms with E-state index >= 15 is 0 Å². The highest BCUT2D eigenvalue weighted by Gasteiger charge is 2.25. The van der Waals surface area contributed by atoms with E-state index in [1.54, 1.807) is 18.3 Å². The predicted octanol–water partition coefficient (Wildman–Crippen LogP) is 2.66. The van der Waals surface area contributed by atoms with Gasteiger partial charge in [0.25, 0.3) is 0 Å². The topological polar surface area (TPSA) is 125 Å². The molecule has 0 aliphatic carbocycles. The Kier molecular flexibility index (Phi) is 8.98. The molecule has 1 unspecified atom stereocenters. The van der Waals surface area contributed by atoms with Crippen molar-refractivity contribution in [1.82, 2.24) is 14.9 Å². The Balaban J connectivity index is 1.59. The maximum Gasteiger partial charge on any atom is 0.414 e. The number of hydrogen-bond acceptors (Lipinski definition) is 7. The molecule has 0 radical (unpaired) electrons. The molecule has 3 rings (SSSR count). The summed E-state index contributed by atoms with van der Waals surface area (Å²) in [6.07, 6.45) is -0.737. The van der Waals surface area contributed by atoms with Crippen LogP contribution in [0.2, 0.25) is 0 Å². The number of ether oxygens (including phenoxy) is 1. The van der Waals surface area contributed by atoms with Gasteiger partial charge in [-0.2, -0.15) is 0 Å². The van der Waals surface area contributed by atoms with Gasteiger partial charge in [0, 0.05) is 25.1 Å². The highest BCUT2D eigenvalue weighted by atomic mass is 19.2. The van der Waals surface area contributed by atoms with Gasteiger partial charge in [0.15, 0.2) is 11.6 Å². The van der Waals surface area contributed by atoms with E-state index in [0.29, 0.717) is 5.52 Å². The number of hydrogen-bond donors (Lipinski definition) is 3. The Morgan fingerprint density at radius 1 is 1.17 bits per heavy atom. The lowest BCUT2D eigenvalue weighted by atomic mass is 10.1. The fraction of sp³-hybridized carbons (Fsp3) is 0.333. The van der Waals surface area contributed by atoms with Crippen molar-refractivity contribution in [3.05, 3.63) is 65.9 Å². The molecular formula is C24H26F2N4O5. The average molecular weight is 488 g/mol. The molecule has 3 aromatic rings. The summed E-state index contributed by atoms with van der Waals surface area (Å²) in [6.45, 7) is -0.850. The van der Waals surface area contributed by atoms with E-state index in [4.69, 9.17) is 4.74 Å². The van der Waals surface area contributed by atoms with Gasteiger partial charge in [0.05, 0.1) is 24.3 Å². The van der Waals surface area contributed by atoms with Gasteiger partial charge < -0.3 is 19.8 Å². The number of aliphatic hydroxyl groups is 2. The number of carbonyl (C=O) groups is 2. The molecular weight excluding hydrogens is 462 g/mol. The highest BCUT2D eigenvalue weighted by Crippen LogP contribution is 2.16. The largest absolute Gasteiger partial charge is 0.447 e. The number of para-hydroxylation sites is 1. The van der Waals surface area contributed by atoms with Crippen molar-refractivity contribution in [3.8, 4) is 0 Å². The Morgan fingerprint density at radius 3 is 2.71 bits per heavy atom. The Morgan fingerprint density at radius 2 is 1.94 bits per heavy atom. The Bertz CT molecular complexity index is 1180. The monoisotopic (exact) mass is 488 g/mol. The van der Waals surface area contributed by atoms with E-state index in [1.807, 2.05) is 12.1 Å². The van der Waals surface area contributed by atoms with Crippen LogP contribution >= 0.6 is 0 Å². The lowest BCUT2D eigenvalue weighted by Gasteiger charge is -2.29. The molecule has 9 nitrogen and oxygen atoms in total. The summed E-state index contributed by atoms with van der Waals surface area (Å²) in [5, 5.41) is 22.3. The van der Waals surface area contributed by atoms with Gasteiger partial charge in [0.1, 0.15) is 6.61 Å². The molecule has 3 N–H and O–H groups in total. The van der Waals surface area contributed by atoms with Crippen LogP contribution in [-0.2, 0) is 16.0 Å². The third kappa shape index (κ3) is 7.14. The maximum absolute atomic E-state index is 13.9. The lowest BCUT2D eigenvalue weighted by Crippen LogP contribution is -2.43. The number of carbonyl (C=O) groups excluding carboxylic acids is 2. The van der Waals surface area contributed by atoms with Crippen LogP contribution in [0.3, 0.4) is 0 Å². The number of fused-ring (bicyclic) bond motifs is 1. The van der Waals surface area contributed by atoms with Crippen molar-refractivity contribution < 1.29 is 33.3 Å². The first kappa shape index (κ1) is 25.9. The third-order valence-electron chi connectivity index (χ3n) is 5.45. The third-order valence-corrected chi connectivity index (χ3v) is 5.45. The molecule has 0 saturated heterocycles. The number of anilines is 1. The standard InChI is InChI=1S/C24H26F2N4O5/c1-30(21(33)10-9-15-6-4-7-19(25)22(15)26)17(11-18(32)13-31)14-35-24(34)29-23-27-12-16-5-2-3-8-20(16)28-23/h2-8,12,17-18,31-32H,9-11,13-14H2,1H3,(H,27,28,29,34)/t17-,18?/m0/s1. The van der Waals surface area contributed by atoms with Crippen LogP contribution in [0.5, 0.6) is 0 Å². The van der Waals surface area contributed by atoms with E-state index in [0.717, 1.165) is 11.5 Å². The van der Waals surface area contributed by atoms with E-state index in [9.17, 15) is 28.6 Å². The minimum absolute atomic E-state index is 0.0298. The summed E-state index contributed by atoms with van der Waals surface area (Å²) in [4.78, 5) is 34.5. The van der Waals surface area contributed by atoms with Crippen LogP contribution in [0, 0.1) is 11.6 Å². The lowest BCUT2D eigenvalue weighted by molar-refractivity contribution is -0.133. The van der Waals surface area contributed by atoms with Crippen LogP contribution < -0.4 is 5.32 Å². The Hall–Kier alpha value is -3.70. The molecule has 0 spiro atoms. The molecule has 0 aliphatic heterocycles. The molecule has 0 aliphatic rings. The first-order valence-electron chi connectivity index (χ1n) is 10.9. The van der Waals surface area contributed by atoms with Crippen LogP contribution in [0.15, 0.2) is 48.7 Å². The number of aliphatic hydroxyl groups excluding tert-OH is 2. The van der Waals surface area contributed by atoms with Gasteiger partial charge in [-0.05, 0) is 30.5 Å². The summed E-state index contributed by atoms with van der Waals surface area (Å²) in [6, 6.07) is 10.2. The number of aryl methyl sites for hydroxylation is 1. The van der Waals surface area contributed by atoms with Crippen LogP contribution in [0.25, 0.3) is 10.9 Å². The van der Waals surface area contributed by atoms with E-state index < -0.39 is 42.4 Å². The summed E-state index contributed by atoms with van der Waals surface area (Å²) in [5.74, 6) is -2.42. The van der Waals surface area contributed by atoms with Gasteiger partial charge in [0.2, 0.25) is 11.9 Å². The predicted molar refractivity (Wildman–Crippen MR) is 123 cm³/mol. The smallest absolute Gasteiger partial charge is 0.414 e. The molecule has 0 bridgehead atoms. The van der Waals surface area contributed by atoms with Crippen molar-refractivity contribution in [2.45, 2.75) is 31.4 Å². The SMILES string of the molecule is CN(C(=O)CCc1cccc(F)c1F)[C@H](COC(=O)Nc1ncc2ccccc2n1)CC(O)CO. The minimum atomic E-state index is -1.16. The summed E-state index contributed by atoms with van der Waals surface area (Å²) in [7, 11) is 1.44. The normalized spacial score (nSPS) is 12.7. The van der Waals surface area contributed by atoms with E-state index in [-0.39, 0.29) is 37.4 Å². The zero-order valence-corrected chi connectivity index (χ0v) is 19.0. The zero-order chi connectivity index (χ0) is 25.4. The average Bonchev–Trinajstić information content (AvgIpc) is 2.86. The molecule has 1 heterocycles. The molecule has 0 fully saturated rings. The van der Waals surface area contributed by atoms with Crippen molar-refractivity contribution in [2.24, 2.45) is 0 Å².